The van der Waals surface area contributed by atoms with Gasteiger partial charge < -0.3 is 4.74 Å². The molecule has 0 unspecified atom stereocenters. The molecule has 0 spiro atoms. The first-order chi connectivity index (χ1) is 13.9. The topological polar surface area (TPSA) is 85.2 Å². The number of amides is 2. The molecule has 0 saturated carbocycles. The van der Waals surface area contributed by atoms with Crippen LogP contribution in [0, 0.1) is 20.8 Å². The molecule has 3 aromatic rings. The van der Waals surface area contributed by atoms with E-state index < -0.39 is 11.8 Å². The molecule has 1 aromatic heterocycles. The second-order valence-electron chi connectivity index (χ2n) is 6.80. The van der Waals surface area contributed by atoms with Gasteiger partial charge in [0.25, 0.3) is 11.8 Å². The quantitative estimate of drug-likeness (QED) is 0.632. The lowest BCUT2D eigenvalue weighted by Crippen LogP contribution is -2.44. The average Bonchev–Trinajstić information content (AvgIpc) is 2.98. The van der Waals surface area contributed by atoms with Crippen molar-refractivity contribution in [1.29, 1.82) is 0 Å². The number of benzene rings is 2. The number of hydrogen-bond acceptors (Lipinski definition) is 4. The van der Waals surface area contributed by atoms with Gasteiger partial charge in [0.15, 0.2) is 6.61 Å². The molecule has 0 saturated heterocycles. The molecule has 2 N–H and O–H groups in total. The summed E-state index contributed by atoms with van der Waals surface area (Å²) in [7, 11) is 0. The molecule has 0 radical (unpaired) electrons. The van der Waals surface area contributed by atoms with Crippen molar-refractivity contribution >= 4 is 11.8 Å². The van der Waals surface area contributed by atoms with Crippen molar-refractivity contribution in [3.8, 4) is 5.75 Å². The Bertz CT molecular complexity index is 1010. The number of nitrogens with one attached hydrogen (secondary N) is 2. The Kier molecular flexibility index (Phi) is 6.29. The fraction of sp³-hybridized carbons (Fsp3) is 0.227. The number of hydrazine groups is 1. The molecule has 150 valence electrons. The standard InChI is InChI=1S/C22H24N4O3/c1-15-8-7-11-19(12-15)29-14-20(27)23-24-22(28)21-16(2)25-26(17(21)3)13-18-9-5-4-6-10-18/h4-12H,13-14H2,1-3H3,(H,23,27)(H,24,28). The minimum atomic E-state index is -0.452. The Morgan fingerprint density at radius 1 is 1.00 bits per heavy atom. The Hall–Kier alpha value is -3.61. The van der Waals surface area contributed by atoms with Crippen LogP contribution in [0.1, 0.15) is 32.9 Å². The SMILES string of the molecule is Cc1cccc(OCC(=O)NNC(=O)c2c(C)nn(Cc3ccccc3)c2C)c1. The molecule has 0 fully saturated rings. The van der Waals surface area contributed by atoms with Crippen LogP contribution in [-0.4, -0.2) is 28.2 Å². The third-order valence-electron chi connectivity index (χ3n) is 4.46. The summed E-state index contributed by atoms with van der Waals surface area (Å²) in [5, 5.41) is 4.46. The number of carbonyl (C=O) groups is 2. The van der Waals surface area contributed by atoms with Gasteiger partial charge in [-0.2, -0.15) is 5.10 Å². The summed E-state index contributed by atoms with van der Waals surface area (Å²) in [5.74, 6) is -0.268. The lowest BCUT2D eigenvalue weighted by atomic mass is 10.2. The van der Waals surface area contributed by atoms with Crippen LogP contribution >= 0.6 is 0 Å². The lowest BCUT2D eigenvalue weighted by Gasteiger charge is -2.10. The monoisotopic (exact) mass is 392 g/mol. The zero-order valence-electron chi connectivity index (χ0n) is 16.7. The van der Waals surface area contributed by atoms with E-state index in [1.54, 1.807) is 17.7 Å². The van der Waals surface area contributed by atoms with Gasteiger partial charge in [0.05, 0.1) is 17.8 Å². The molecular formula is C22H24N4O3. The number of aryl methyl sites for hydroxylation is 2. The van der Waals surface area contributed by atoms with E-state index in [1.165, 1.54) is 0 Å². The van der Waals surface area contributed by atoms with E-state index in [9.17, 15) is 9.59 Å². The minimum absolute atomic E-state index is 0.199. The van der Waals surface area contributed by atoms with Gasteiger partial charge in [-0.05, 0) is 44.0 Å². The van der Waals surface area contributed by atoms with Gasteiger partial charge in [0, 0.05) is 5.69 Å². The lowest BCUT2D eigenvalue weighted by molar-refractivity contribution is -0.123. The molecule has 2 aromatic carbocycles. The van der Waals surface area contributed by atoms with Crippen LogP contribution in [0.5, 0.6) is 5.75 Å². The Balaban J connectivity index is 1.57. The van der Waals surface area contributed by atoms with Gasteiger partial charge >= 0.3 is 0 Å². The molecular weight excluding hydrogens is 368 g/mol. The zero-order chi connectivity index (χ0) is 20.8. The normalized spacial score (nSPS) is 10.4. The molecule has 7 heteroatoms. The maximum Gasteiger partial charge on any atom is 0.276 e. The van der Waals surface area contributed by atoms with Crippen molar-refractivity contribution in [3.05, 3.63) is 82.7 Å². The molecule has 0 aliphatic rings. The molecule has 0 bridgehead atoms. The third kappa shape index (κ3) is 5.22. The van der Waals surface area contributed by atoms with Crippen LogP contribution in [0.2, 0.25) is 0 Å². The minimum Gasteiger partial charge on any atom is -0.484 e. The second kappa shape index (κ2) is 9.05. The number of rotatable bonds is 6. The van der Waals surface area contributed by atoms with E-state index in [2.05, 4.69) is 16.0 Å². The number of nitrogens with zero attached hydrogens (tertiary/aromatic N) is 2. The molecule has 3 rings (SSSR count). The summed E-state index contributed by atoms with van der Waals surface area (Å²) in [5.41, 5.74) is 8.71. The van der Waals surface area contributed by atoms with Gasteiger partial charge in [-0.25, -0.2) is 0 Å². The molecule has 1 heterocycles. The van der Waals surface area contributed by atoms with Gasteiger partial charge in [-0.3, -0.25) is 25.1 Å². The highest BCUT2D eigenvalue weighted by molar-refractivity contribution is 5.97. The predicted octanol–water partition coefficient (Wildman–Crippen LogP) is 2.70. The summed E-state index contributed by atoms with van der Waals surface area (Å²) in [4.78, 5) is 24.5. The van der Waals surface area contributed by atoms with Crippen molar-refractivity contribution in [2.45, 2.75) is 27.3 Å². The van der Waals surface area contributed by atoms with Gasteiger partial charge in [0.1, 0.15) is 5.75 Å². The number of ether oxygens (including phenoxy) is 1. The fourth-order valence-corrected chi connectivity index (χ4v) is 3.01. The van der Waals surface area contributed by atoms with Crippen LogP contribution in [0.4, 0.5) is 0 Å². The number of hydrogen-bond donors (Lipinski definition) is 2. The maximum absolute atomic E-state index is 12.6. The van der Waals surface area contributed by atoms with E-state index >= 15 is 0 Å². The van der Waals surface area contributed by atoms with E-state index in [1.807, 2.05) is 62.4 Å². The van der Waals surface area contributed by atoms with E-state index in [-0.39, 0.29) is 6.61 Å². The van der Waals surface area contributed by atoms with Gasteiger partial charge in [-0.15, -0.1) is 0 Å². The molecule has 2 amide bonds. The Morgan fingerprint density at radius 3 is 2.48 bits per heavy atom. The molecule has 0 aliphatic heterocycles. The van der Waals surface area contributed by atoms with Crippen LogP contribution in [0.3, 0.4) is 0 Å². The number of carbonyl (C=O) groups excluding carboxylic acids is 2. The van der Waals surface area contributed by atoms with Crippen LogP contribution in [0.25, 0.3) is 0 Å². The Labute approximate surface area is 169 Å². The largest absolute Gasteiger partial charge is 0.484 e. The van der Waals surface area contributed by atoms with Crippen molar-refractivity contribution < 1.29 is 14.3 Å². The van der Waals surface area contributed by atoms with Crippen molar-refractivity contribution in [2.75, 3.05) is 6.61 Å². The van der Waals surface area contributed by atoms with Crippen LogP contribution in [0.15, 0.2) is 54.6 Å². The molecule has 7 nitrogen and oxygen atoms in total. The third-order valence-corrected chi connectivity index (χ3v) is 4.46. The summed E-state index contributed by atoms with van der Waals surface area (Å²) in [6.07, 6.45) is 0. The van der Waals surface area contributed by atoms with E-state index in [4.69, 9.17) is 4.74 Å². The van der Waals surface area contributed by atoms with Gasteiger partial charge in [-0.1, -0.05) is 42.5 Å². The fourth-order valence-electron chi connectivity index (χ4n) is 3.01. The summed E-state index contributed by atoms with van der Waals surface area (Å²) >= 11 is 0. The summed E-state index contributed by atoms with van der Waals surface area (Å²) in [6.45, 7) is 5.91. The van der Waals surface area contributed by atoms with E-state index in [0.29, 0.717) is 23.6 Å². The summed E-state index contributed by atoms with van der Waals surface area (Å²) < 4.78 is 7.20. The predicted molar refractivity (Wildman–Crippen MR) is 110 cm³/mol. The second-order valence-corrected chi connectivity index (χ2v) is 6.80. The average molecular weight is 392 g/mol. The van der Waals surface area contributed by atoms with Crippen LogP contribution in [-0.2, 0) is 11.3 Å². The number of aromatic nitrogens is 2. The highest BCUT2D eigenvalue weighted by Gasteiger charge is 2.19. The zero-order valence-corrected chi connectivity index (χ0v) is 16.7. The highest BCUT2D eigenvalue weighted by atomic mass is 16.5. The highest BCUT2D eigenvalue weighted by Crippen LogP contribution is 2.15. The summed E-state index contributed by atoms with van der Waals surface area (Å²) in [6, 6.07) is 17.3. The Morgan fingerprint density at radius 2 is 1.76 bits per heavy atom. The van der Waals surface area contributed by atoms with Crippen molar-refractivity contribution in [2.24, 2.45) is 0 Å². The van der Waals surface area contributed by atoms with Crippen molar-refractivity contribution in [3.63, 3.8) is 0 Å². The molecule has 0 aliphatic carbocycles. The molecule has 0 atom stereocenters. The first kappa shape index (κ1) is 20.1. The smallest absolute Gasteiger partial charge is 0.276 e. The maximum atomic E-state index is 12.6. The first-order valence-electron chi connectivity index (χ1n) is 9.30. The molecule has 29 heavy (non-hydrogen) atoms. The van der Waals surface area contributed by atoms with Gasteiger partial charge in [0.2, 0.25) is 0 Å². The first-order valence-corrected chi connectivity index (χ1v) is 9.30. The van der Waals surface area contributed by atoms with E-state index in [0.717, 1.165) is 16.8 Å². The van der Waals surface area contributed by atoms with Crippen LogP contribution < -0.4 is 15.6 Å². The van der Waals surface area contributed by atoms with Crippen molar-refractivity contribution in [1.82, 2.24) is 20.6 Å².